The number of rotatable bonds is 38. The Labute approximate surface area is 304 Å². The Hall–Kier alpha value is -1.59. The highest BCUT2D eigenvalue weighted by molar-refractivity contribution is 5.71. The second-order valence-electron chi connectivity index (χ2n) is 15.1. The van der Waals surface area contributed by atoms with Crippen LogP contribution in [-0.4, -0.2) is 37.2 Å². The minimum absolute atomic E-state index is 0.0648. The fourth-order valence-corrected chi connectivity index (χ4v) is 6.27. The van der Waals surface area contributed by atoms with Gasteiger partial charge in [0.1, 0.15) is 13.2 Å². The van der Waals surface area contributed by atoms with Crippen molar-refractivity contribution in [1.82, 2.24) is 0 Å². The molecule has 0 aromatic heterocycles. The zero-order chi connectivity index (χ0) is 36.0. The van der Waals surface area contributed by atoms with E-state index < -0.39 is 6.10 Å². The largest absolute Gasteiger partial charge is 0.462 e. The summed E-state index contributed by atoms with van der Waals surface area (Å²) < 4.78 is 16.6. The van der Waals surface area contributed by atoms with Gasteiger partial charge in [-0.2, -0.15) is 0 Å². The Morgan fingerprint density at radius 1 is 0.388 bits per heavy atom. The third-order valence-electron chi connectivity index (χ3n) is 9.54. The van der Waals surface area contributed by atoms with E-state index in [0.717, 1.165) is 63.7 Å². The van der Waals surface area contributed by atoms with E-state index in [-0.39, 0.29) is 31.1 Å². The van der Waals surface area contributed by atoms with Gasteiger partial charge in [-0.05, 0) is 25.2 Å². The van der Waals surface area contributed by atoms with Crippen LogP contribution < -0.4 is 0 Å². The summed E-state index contributed by atoms with van der Waals surface area (Å²) >= 11 is 0. The molecule has 0 unspecified atom stereocenters. The van der Waals surface area contributed by atoms with Crippen LogP contribution >= 0.6 is 0 Å². The van der Waals surface area contributed by atoms with Gasteiger partial charge < -0.3 is 14.2 Å². The molecule has 0 saturated carbocycles. The molecule has 0 aliphatic rings. The summed E-state index contributed by atoms with van der Waals surface area (Å²) in [6, 6.07) is 0. The first kappa shape index (κ1) is 47.4. The fourth-order valence-electron chi connectivity index (χ4n) is 6.27. The first-order valence-electron chi connectivity index (χ1n) is 21.4. The quantitative estimate of drug-likeness (QED) is 0.0364. The van der Waals surface area contributed by atoms with Gasteiger partial charge in [0.15, 0.2) is 6.10 Å². The van der Waals surface area contributed by atoms with Crippen LogP contribution in [0.2, 0.25) is 0 Å². The highest BCUT2D eigenvalue weighted by Gasteiger charge is 2.19. The maximum Gasteiger partial charge on any atom is 0.306 e. The van der Waals surface area contributed by atoms with Crippen molar-refractivity contribution >= 4 is 17.9 Å². The number of carbonyl (C=O) groups is 3. The normalized spacial score (nSPS) is 11.9. The molecule has 0 spiro atoms. The first-order chi connectivity index (χ1) is 23.9. The lowest BCUT2D eigenvalue weighted by atomic mass is 10.0. The molecule has 0 aliphatic carbocycles. The lowest BCUT2D eigenvalue weighted by Gasteiger charge is -2.18. The van der Waals surface area contributed by atoms with Gasteiger partial charge in [-0.1, -0.05) is 195 Å². The Bertz CT molecular complexity index is 736. The van der Waals surface area contributed by atoms with E-state index in [9.17, 15) is 14.4 Å². The smallest absolute Gasteiger partial charge is 0.306 e. The van der Waals surface area contributed by atoms with Crippen LogP contribution in [-0.2, 0) is 28.6 Å². The SMILES string of the molecule is CCCCCCCCCCCCCC(=O)O[C@H](COC(=O)CCCCCCCCC)COC(=O)CCCCCCCCCCCCC(C)C. The molecule has 0 aromatic carbocycles. The van der Waals surface area contributed by atoms with Crippen LogP contribution in [0, 0.1) is 5.92 Å². The van der Waals surface area contributed by atoms with Crippen LogP contribution in [0.5, 0.6) is 0 Å². The molecule has 0 aliphatic heterocycles. The second kappa shape index (κ2) is 37.7. The van der Waals surface area contributed by atoms with E-state index in [2.05, 4.69) is 27.7 Å². The molecular weight excluding hydrogens is 612 g/mol. The van der Waals surface area contributed by atoms with E-state index in [1.807, 2.05) is 0 Å². The Morgan fingerprint density at radius 3 is 1.00 bits per heavy atom. The number of esters is 3. The standard InChI is InChI=1S/C43H82O6/c1-5-7-9-11-13-14-15-20-24-28-32-36-43(46)49-40(37-47-41(44)34-30-26-21-12-10-8-6-2)38-48-42(45)35-31-27-23-19-17-16-18-22-25-29-33-39(3)4/h39-40H,5-38H2,1-4H3/t40-/m1/s1. The van der Waals surface area contributed by atoms with Crippen LogP contribution in [0.1, 0.15) is 233 Å². The van der Waals surface area contributed by atoms with E-state index >= 15 is 0 Å². The molecule has 6 heteroatoms. The predicted molar refractivity (Wildman–Crippen MR) is 206 cm³/mol. The van der Waals surface area contributed by atoms with Crippen molar-refractivity contribution in [2.45, 2.75) is 239 Å². The van der Waals surface area contributed by atoms with Crippen molar-refractivity contribution in [2.75, 3.05) is 13.2 Å². The summed E-state index contributed by atoms with van der Waals surface area (Å²) in [5.74, 6) is -0.0467. The van der Waals surface area contributed by atoms with Gasteiger partial charge in [0, 0.05) is 19.3 Å². The maximum absolute atomic E-state index is 12.6. The molecular formula is C43H82O6. The molecule has 0 saturated heterocycles. The number of hydrogen-bond acceptors (Lipinski definition) is 6. The molecule has 0 N–H and O–H groups in total. The molecule has 0 heterocycles. The molecule has 0 aromatic rings. The monoisotopic (exact) mass is 695 g/mol. The Morgan fingerprint density at radius 2 is 0.673 bits per heavy atom. The molecule has 49 heavy (non-hydrogen) atoms. The van der Waals surface area contributed by atoms with Gasteiger partial charge in [0.05, 0.1) is 0 Å². The third kappa shape index (κ3) is 37.5. The molecule has 0 rings (SSSR count). The summed E-state index contributed by atoms with van der Waals surface area (Å²) in [6.07, 6.45) is 35.2. The number of unbranched alkanes of at least 4 members (excludes halogenated alkanes) is 25. The van der Waals surface area contributed by atoms with Crippen molar-refractivity contribution in [2.24, 2.45) is 5.92 Å². The Balaban J connectivity index is 4.29. The second-order valence-corrected chi connectivity index (χ2v) is 15.1. The first-order valence-corrected chi connectivity index (χ1v) is 21.4. The highest BCUT2D eigenvalue weighted by Crippen LogP contribution is 2.15. The van der Waals surface area contributed by atoms with E-state index in [0.29, 0.717) is 19.3 Å². The number of ether oxygens (including phenoxy) is 3. The van der Waals surface area contributed by atoms with Crippen molar-refractivity contribution in [3.05, 3.63) is 0 Å². The topological polar surface area (TPSA) is 78.9 Å². The summed E-state index contributed by atoms with van der Waals surface area (Å²) in [5.41, 5.74) is 0. The van der Waals surface area contributed by atoms with Gasteiger partial charge in [-0.25, -0.2) is 0 Å². The predicted octanol–water partition coefficient (Wildman–Crippen LogP) is 13.2. The van der Waals surface area contributed by atoms with Gasteiger partial charge in [-0.15, -0.1) is 0 Å². The summed E-state index contributed by atoms with van der Waals surface area (Å²) in [5, 5.41) is 0. The molecule has 290 valence electrons. The minimum Gasteiger partial charge on any atom is -0.462 e. The van der Waals surface area contributed by atoms with Crippen molar-refractivity contribution in [1.29, 1.82) is 0 Å². The molecule has 1 atom stereocenters. The average molecular weight is 695 g/mol. The summed E-state index contributed by atoms with van der Waals surface area (Å²) in [4.78, 5) is 37.5. The third-order valence-corrected chi connectivity index (χ3v) is 9.54. The molecule has 0 radical (unpaired) electrons. The number of carbonyl (C=O) groups excluding carboxylic acids is 3. The van der Waals surface area contributed by atoms with Crippen LogP contribution in [0.3, 0.4) is 0 Å². The van der Waals surface area contributed by atoms with E-state index in [1.165, 1.54) is 128 Å². The van der Waals surface area contributed by atoms with Gasteiger partial charge in [-0.3, -0.25) is 14.4 Å². The molecule has 0 bridgehead atoms. The summed E-state index contributed by atoms with van der Waals surface area (Å²) in [6.45, 7) is 8.93. The van der Waals surface area contributed by atoms with Crippen LogP contribution in [0.4, 0.5) is 0 Å². The lowest BCUT2D eigenvalue weighted by molar-refractivity contribution is -0.167. The van der Waals surface area contributed by atoms with Gasteiger partial charge >= 0.3 is 17.9 Å². The zero-order valence-electron chi connectivity index (χ0n) is 33.1. The molecule has 6 nitrogen and oxygen atoms in total. The van der Waals surface area contributed by atoms with Crippen molar-refractivity contribution in [3.8, 4) is 0 Å². The van der Waals surface area contributed by atoms with Crippen molar-refractivity contribution in [3.63, 3.8) is 0 Å². The molecule has 0 amide bonds. The Kier molecular flexibility index (Phi) is 36.4. The van der Waals surface area contributed by atoms with E-state index in [4.69, 9.17) is 14.2 Å². The minimum atomic E-state index is -0.757. The highest BCUT2D eigenvalue weighted by atomic mass is 16.6. The maximum atomic E-state index is 12.6. The summed E-state index contributed by atoms with van der Waals surface area (Å²) in [7, 11) is 0. The fraction of sp³-hybridized carbons (Fsp3) is 0.930. The zero-order valence-corrected chi connectivity index (χ0v) is 33.1. The lowest BCUT2D eigenvalue weighted by Crippen LogP contribution is -2.30. The average Bonchev–Trinajstić information content (AvgIpc) is 3.08. The van der Waals surface area contributed by atoms with Crippen LogP contribution in [0.25, 0.3) is 0 Å². The van der Waals surface area contributed by atoms with Gasteiger partial charge in [0.25, 0.3) is 0 Å². The van der Waals surface area contributed by atoms with Gasteiger partial charge in [0.2, 0.25) is 0 Å². The van der Waals surface area contributed by atoms with Crippen LogP contribution in [0.15, 0.2) is 0 Å². The number of hydrogen-bond donors (Lipinski definition) is 0. The molecule has 0 fully saturated rings. The van der Waals surface area contributed by atoms with Crippen molar-refractivity contribution < 1.29 is 28.6 Å². The van der Waals surface area contributed by atoms with E-state index in [1.54, 1.807) is 0 Å².